The fourth-order valence-corrected chi connectivity index (χ4v) is 6.53. The van der Waals surface area contributed by atoms with Gasteiger partial charge in [0.1, 0.15) is 0 Å². The molecule has 0 N–H and O–H groups in total. The third-order valence-electron chi connectivity index (χ3n) is 7.68. The molecule has 1 aromatic heterocycles. The number of rotatable bonds is 4. The van der Waals surface area contributed by atoms with Gasteiger partial charge in [-0.1, -0.05) is 54.6 Å². The van der Waals surface area contributed by atoms with Crippen LogP contribution in [0.4, 0.5) is 0 Å². The third kappa shape index (κ3) is 3.48. The minimum absolute atomic E-state index is 0.131. The number of fused-ring (bicyclic) bond motifs is 2. The first-order valence-corrected chi connectivity index (χ1v) is 13.0. The van der Waals surface area contributed by atoms with Crippen molar-refractivity contribution in [3.05, 3.63) is 94.9 Å². The van der Waals surface area contributed by atoms with Crippen molar-refractivity contribution in [3.8, 4) is 11.1 Å². The molecule has 2 fully saturated rings. The molecule has 0 saturated carbocycles. The van der Waals surface area contributed by atoms with E-state index in [-0.39, 0.29) is 17.9 Å². The number of thiophene rings is 1. The Morgan fingerprint density at radius 1 is 0.800 bits per heavy atom. The monoisotopic (exact) mass is 479 g/mol. The zero-order valence-corrected chi connectivity index (χ0v) is 20.1. The molecule has 3 aromatic carbocycles. The van der Waals surface area contributed by atoms with Crippen LogP contribution in [0.3, 0.4) is 0 Å². The third-order valence-corrected chi connectivity index (χ3v) is 8.78. The Labute approximate surface area is 208 Å². The lowest BCUT2D eigenvalue weighted by atomic mass is 9.98. The van der Waals surface area contributed by atoms with Crippen molar-refractivity contribution in [2.45, 2.75) is 18.6 Å². The van der Waals surface area contributed by atoms with E-state index in [9.17, 15) is 9.59 Å². The maximum Gasteiger partial charge on any atom is 0.264 e. The Morgan fingerprint density at radius 3 is 2.37 bits per heavy atom. The van der Waals surface area contributed by atoms with Gasteiger partial charge in [-0.05, 0) is 46.3 Å². The van der Waals surface area contributed by atoms with Crippen molar-refractivity contribution in [3.63, 3.8) is 0 Å². The maximum atomic E-state index is 13.1. The van der Waals surface area contributed by atoms with Gasteiger partial charge in [0.05, 0.1) is 10.9 Å². The molecule has 5 nitrogen and oxygen atoms in total. The van der Waals surface area contributed by atoms with Crippen LogP contribution in [0.25, 0.3) is 21.2 Å². The SMILES string of the molecule is O=C(c1cc2cc(-c3ccccc3)ccc2s1)N1CC(N2CC(N3Cc4ccccc4C3=O)C2)C1. The predicted molar refractivity (Wildman–Crippen MR) is 139 cm³/mol. The zero-order chi connectivity index (χ0) is 23.5. The Bertz CT molecular complexity index is 1450. The molecule has 174 valence electrons. The highest BCUT2D eigenvalue weighted by Crippen LogP contribution is 2.34. The second-order valence-corrected chi connectivity index (χ2v) is 10.9. The molecule has 0 radical (unpaired) electrons. The number of carbonyl (C=O) groups excluding carboxylic acids is 2. The molecule has 4 heterocycles. The minimum atomic E-state index is 0.131. The van der Waals surface area contributed by atoms with E-state index in [1.807, 2.05) is 52.3 Å². The molecule has 35 heavy (non-hydrogen) atoms. The number of likely N-dealkylation sites (tertiary alicyclic amines) is 2. The van der Waals surface area contributed by atoms with E-state index >= 15 is 0 Å². The Morgan fingerprint density at radius 2 is 1.57 bits per heavy atom. The minimum Gasteiger partial charge on any atom is -0.335 e. The first-order valence-electron chi connectivity index (χ1n) is 12.2. The molecule has 2 saturated heterocycles. The molecule has 0 unspecified atom stereocenters. The number of hydrogen-bond donors (Lipinski definition) is 0. The van der Waals surface area contributed by atoms with Crippen molar-refractivity contribution in [2.24, 2.45) is 0 Å². The Balaban J connectivity index is 0.966. The molecule has 0 bridgehead atoms. The van der Waals surface area contributed by atoms with Gasteiger partial charge in [-0.25, -0.2) is 0 Å². The van der Waals surface area contributed by atoms with Gasteiger partial charge in [0.25, 0.3) is 11.8 Å². The molecular weight excluding hydrogens is 454 g/mol. The Kier molecular flexibility index (Phi) is 4.79. The summed E-state index contributed by atoms with van der Waals surface area (Å²) in [5.41, 5.74) is 4.35. The predicted octanol–water partition coefficient (Wildman–Crippen LogP) is 4.73. The summed E-state index contributed by atoms with van der Waals surface area (Å²) < 4.78 is 1.15. The number of nitrogens with zero attached hydrogens (tertiary/aromatic N) is 3. The van der Waals surface area contributed by atoms with Gasteiger partial charge >= 0.3 is 0 Å². The maximum absolute atomic E-state index is 13.1. The lowest BCUT2D eigenvalue weighted by Crippen LogP contribution is -2.70. The summed E-state index contributed by atoms with van der Waals surface area (Å²) in [5, 5.41) is 1.12. The first kappa shape index (κ1) is 20.9. The normalized spacial score (nSPS) is 18.6. The van der Waals surface area contributed by atoms with E-state index in [0.29, 0.717) is 6.04 Å². The summed E-state index contributed by atoms with van der Waals surface area (Å²) in [7, 11) is 0. The van der Waals surface area contributed by atoms with Crippen molar-refractivity contribution >= 4 is 33.2 Å². The summed E-state index contributed by atoms with van der Waals surface area (Å²) in [5.74, 6) is 0.293. The van der Waals surface area contributed by atoms with Gasteiger partial charge in [0.15, 0.2) is 0 Å². The van der Waals surface area contributed by atoms with Crippen LogP contribution < -0.4 is 0 Å². The van der Waals surface area contributed by atoms with Gasteiger partial charge in [0.2, 0.25) is 0 Å². The quantitative estimate of drug-likeness (QED) is 0.425. The molecule has 3 aliphatic rings. The van der Waals surface area contributed by atoms with E-state index in [2.05, 4.69) is 41.3 Å². The van der Waals surface area contributed by atoms with Crippen molar-refractivity contribution in [1.29, 1.82) is 0 Å². The highest BCUT2D eigenvalue weighted by atomic mass is 32.1. The number of amides is 2. The zero-order valence-electron chi connectivity index (χ0n) is 19.3. The largest absolute Gasteiger partial charge is 0.335 e. The molecule has 7 rings (SSSR count). The summed E-state index contributed by atoms with van der Waals surface area (Å²) in [6.07, 6.45) is 0. The van der Waals surface area contributed by atoms with Crippen LogP contribution in [0.15, 0.2) is 78.9 Å². The van der Waals surface area contributed by atoms with Gasteiger partial charge in [-0.3, -0.25) is 14.5 Å². The Hall–Kier alpha value is -3.48. The van der Waals surface area contributed by atoms with E-state index in [1.165, 1.54) is 11.1 Å². The van der Waals surface area contributed by atoms with Crippen LogP contribution in [0.2, 0.25) is 0 Å². The lowest BCUT2D eigenvalue weighted by Gasteiger charge is -2.53. The van der Waals surface area contributed by atoms with Gasteiger partial charge in [-0.2, -0.15) is 0 Å². The number of carbonyl (C=O) groups is 2. The van der Waals surface area contributed by atoms with E-state index < -0.39 is 0 Å². The second-order valence-electron chi connectivity index (χ2n) is 9.79. The van der Waals surface area contributed by atoms with Gasteiger partial charge < -0.3 is 9.80 Å². The summed E-state index contributed by atoms with van der Waals surface area (Å²) >= 11 is 1.58. The van der Waals surface area contributed by atoms with Crippen LogP contribution in [0, 0.1) is 0 Å². The molecule has 3 aliphatic heterocycles. The lowest BCUT2D eigenvalue weighted by molar-refractivity contribution is -0.0363. The highest BCUT2D eigenvalue weighted by Gasteiger charge is 2.45. The fraction of sp³-hybridized carbons (Fsp3) is 0.241. The van der Waals surface area contributed by atoms with E-state index in [4.69, 9.17) is 0 Å². The van der Waals surface area contributed by atoms with Crippen LogP contribution >= 0.6 is 11.3 Å². The topological polar surface area (TPSA) is 43.9 Å². The molecule has 0 spiro atoms. The number of hydrogen-bond acceptors (Lipinski definition) is 4. The second kappa shape index (κ2) is 8.04. The fourth-order valence-electron chi connectivity index (χ4n) is 5.52. The van der Waals surface area contributed by atoms with Crippen molar-refractivity contribution in [2.75, 3.05) is 26.2 Å². The smallest absolute Gasteiger partial charge is 0.264 e. The van der Waals surface area contributed by atoms with Crippen LogP contribution in [-0.2, 0) is 6.54 Å². The molecule has 6 heteroatoms. The average Bonchev–Trinajstić information content (AvgIpc) is 3.41. The molecular formula is C29H25N3O2S. The van der Waals surface area contributed by atoms with Crippen molar-refractivity contribution in [1.82, 2.24) is 14.7 Å². The molecule has 4 aromatic rings. The van der Waals surface area contributed by atoms with Crippen molar-refractivity contribution < 1.29 is 9.59 Å². The average molecular weight is 480 g/mol. The first-order chi connectivity index (χ1) is 17.1. The summed E-state index contributed by atoms with van der Waals surface area (Å²) in [4.78, 5) is 33.1. The molecule has 0 aliphatic carbocycles. The highest BCUT2D eigenvalue weighted by molar-refractivity contribution is 7.20. The number of benzene rings is 3. The van der Waals surface area contributed by atoms with Crippen LogP contribution in [-0.4, -0.2) is 64.8 Å². The van der Waals surface area contributed by atoms with Crippen LogP contribution in [0.5, 0.6) is 0 Å². The van der Waals surface area contributed by atoms with E-state index in [0.717, 1.165) is 58.8 Å². The summed E-state index contributed by atoms with van der Waals surface area (Å²) in [6, 6.07) is 27.4. The molecule has 0 atom stereocenters. The van der Waals surface area contributed by atoms with Gasteiger partial charge in [-0.15, -0.1) is 11.3 Å². The standard InChI is InChI=1S/C29H25N3O2S/c33-28-25-9-5-4-8-21(25)14-32(28)24-17-30(18-24)23-15-31(16-23)29(34)27-13-22-12-20(10-11-26(22)35-27)19-6-2-1-3-7-19/h1-13,23-24H,14-18H2. The van der Waals surface area contributed by atoms with E-state index in [1.54, 1.807) is 11.3 Å². The molecule has 2 amide bonds. The summed E-state index contributed by atoms with van der Waals surface area (Å²) in [6.45, 7) is 4.06. The van der Waals surface area contributed by atoms with Gasteiger partial charge in [0, 0.05) is 49.0 Å². The van der Waals surface area contributed by atoms with Crippen LogP contribution in [0.1, 0.15) is 25.6 Å².